The van der Waals surface area contributed by atoms with Crippen molar-refractivity contribution in [3.63, 3.8) is 0 Å². The third-order valence-electron chi connectivity index (χ3n) is 2.70. The number of amides is 1. The predicted octanol–water partition coefficient (Wildman–Crippen LogP) is 3.02. The lowest BCUT2D eigenvalue weighted by atomic mass is 10.1. The Labute approximate surface area is 139 Å². The minimum atomic E-state index is -0.532. The van der Waals surface area contributed by atoms with Crippen molar-refractivity contribution in [2.24, 2.45) is 5.73 Å². The Morgan fingerprint density at radius 3 is 2.62 bits per heavy atom. The van der Waals surface area contributed by atoms with Crippen molar-refractivity contribution in [2.45, 2.75) is 0 Å². The van der Waals surface area contributed by atoms with Crippen LogP contribution < -0.4 is 11.1 Å². The molecule has 21 heavy (non-hydrogen) atoms. The van der Waals surface area contributed by atoms with Crippen LogP contribution in [-0.2, 0) is 0 Å². The molecule has 4 N–H and O–H groups in total. The van der Waals surface area contributed by atoms with Crippen LogP contribution in [0.2, 0.25) is 0 Å². The molecule has 0 atom stereocenters. The maximum Gasteiger partial charge on any atom is 0.259 e. The van der Waals surface area contributed by atoms with Crippen LogP contribution in [0.4, 0.5) is 10.1 Å². The molecule has 0 unspecified atom stereocenters. The van der Waals surface area contributed by atoms with Crippen LogP contribution in [0, 0.1) is 9.39 Å². The van der Waals surface area contributed by atoms with Crippen LogP contribution in [-0.4, -0.2) is 16.0 Å². The number of phenols is 1. The van der Waals surface area contributed by atoms with E-state index in [1.807, 2.05) is 22.6 Å². The minimum absolute atomic E-state index is 0.0309. The highest BCUT2D eigenvalue weighted by Gasteiger charge is 2.15. The van der Waals surface area contributed by atoms with E-state index in [0.29, 0.717) is 0 Å². The monoisotopic (exact) mass is 416 g/mol. The molecule has 4 nitrogen and oxygen atoms in total. The molecule has 0 saturated carbocycles. The van der Waals surface area contributed by atoms with Crippen LogP contribution in [0.1, 0.15) is 15.9 Å². The van der Waals surface area contributed by atoms with Gasteiger partial charge < -0.3 is 16.2 Å². The average molecular weight is 416 g/mol. The highest BCUT2D eigenvalue weighted by atomic mass is 127. The quantitative estimate of drug-likeness (QED) is 0.531. The van der Waals surface area contributed by atoms with Crippen molar-refractivity contribution in [1.29, 1.82) is 0 Å². The lowest BCUT2D eigenvalue weighted by Gasteiger charge is -2.11. The van der Waals surface area contributed by atoms with Gasteiger partial charge in [-0.3, -0.25) is 4.79 Å². The van der Waals surface area contributed by atoms with Crippen LogP contribution in [0.15, 0.2) is 36.4 Å². The molecule has 0 aliphatic carbocycles. The summed E-state index contributed by atoms with van der Waals surface area (Å²) in [5, 5.41) is 12.3. The summed E-state index contributed by atoms with van der Waals surface area (Å²) in [7, 11) is 0. The van der Waals surface area contributed by atoms with E-state index < -0.39 is 11.7 Å². The fraction of sp³-hybridized carbons (Fsp3) is 0. The molecule has 0 radical (unpaired) electrons. The molecule has 0 aromatic heterocycles. The zero-order chi connectivity index (χ0) is 15.6. The molecule has 2 aromatic carbocycles. The van der Waals surface area contributed by atoms with Gasteiger partial charge in [0.1, 0.15) is 16.6 Å². The number of phenolic OH excluding ortho intramolecular Hbond substituents is 1. The molecule has 0 spiro atoms. The second kappa shape index (κ2) is 6.35. The maximum atomic E-state index is 13.2. The molecule has 108 valence electrons. The summed E-state index contributed by atoms with van der Waals surface area (Å²) in [6.07, 6.45) is 0. The molecule has 7 heteroatoms. The van der Waals surface area contributed by atoms with Gasteiger partial charge in [-0.25, -0.2) is 4.39 Å². The normalized spacial score (nSPS) is 10.2. The van der Waals surface area contributed by atoms with Gasteiger partial charge in [-0.1, -0.05) is 12.2 Å². The van der Waals surface area contributed by atoms with Crippen LogP contribution >= 0.6 is 34.8 Å². The summed E-state index contributed by atoms with van der Waals surface area (Å²) >= 11 is 6.86. The van der Waals surface area contributed by atoms with Gasteiger partial charge in [0.05, 0.1) is 11.3 Å². The van der Waals surface area contributed by atoms with Gasteiger partial charge in [-0.05, 0) is 59.0 Å². The van der Waals surface area contributed by atoms with E-state index in [9.17, 15) is 14.3 Å². The molecule has 0 fully saturated rings. The third kappa shape index (κ3) is 3.67. The number of thiocarbonyl (C=S) groups is 1. The number of hydrogen-bond acceptors (Lipinski definition) is 3. The Hall–Kier alpha value is -1.74. The number of nitrogens with one attached hydrogen (secondary N) is 1. The lowest BCUT2D eigenvalue weighted by Crippen LogP contribution is -2.18. The zero-order valence-electron chi connectivity index (χ0n) is 10.6. The van der Waals surface area contributed by atoms with Gasteiger partial charge in [0.25, 0.3) is 5.91 Å². The van der Waals surface area contributed by atoms with E-state index in [-0.39, 0.29) is 27.6 Å². The molecule has 0 bridgehead atoms. The SMILES string of the molecule is NC(=S)c1cc(F)ccc1NC(=O)c1cc(I)ccc1O. The Morgan fingerprint density at radius 1 is 1.24 bits per heavy atom. The van der Waals surface area contributed by atoms with E-state index in [0.717, 1.165) is 9.64 Å². The van der Waals surface area contributed by atoms with Crippen molar-refractivity contribution in [2.75, 3.05) is 5.32 Å². The number of rotatable bonds is 3. The fourth-order valence-corrected chi connectivity index (χ4v) is 2.37. The van der Waals surface area contributed by atoms with Gasteiger partial charge in [0, 0.05) is 9.13 Å². The zero-order valence-corrected chi connectivity index (χ0v) is 13.5. The molecular weight excluding hydrogens is 406 g/mol. The van der Waals surface area contributed by atoms with E-state index in [4.69, 9.17) is 18.0 Å². The topological polar surface area (TPSA) is 75.3 Å². The first-order valence-corrected chi connectivity index (χ1v) is 7.26. The number of carbonyl (C=O) groups excluding carboxylic acids is 1. The number of anilines is 1. The van der Waals surface area contributed by atoms with Crippen molar-refractivity contribution >= 4 is 51.4 Å². The Bertz CT molecular complexity index is 737. The summed E-state index contributed by atoms with van der Waals surface area (Å²) in [6, 6.07) is 8.33. The Morgan fingerprint density at radius 2 is 1.95 bits per heavy atom. The second-order valence-electron chi connectivity index (χ2n) is 4.17. The molecule has 2 aromatic rings. The van der Waals surface area contributed by atoms with Crippen LogP contribution in [0.3, 0.4) is 0 Å². The van der Waals surface area contributed by atoms with Crippen molar-refractivity contribution in [1.82, 2.24) is 0 Å². The number of hydrogen-bond donors (Lipinski definition) is 3. The molecule has 2 rings (SSSR count). The van der Waals surface area contributed by atoms with Crippen molar-refractivity contribution in [3.05, 3.63) is 56.9 Å². The molecule has 1 amide bonds. The minimum Gasteiger partial charge on any atom is -0.507 e. The molecule has 0 aliphatic rings. The summed E-state index contributed by atoms with van der Waals surface area (Å²) < 4.78 is 14.0. The highest BCUT2D eigenvalue weighted by Crippen LogP contribution is 2.23. The molecular formula is C14H10FIN2O2S. The first kappa shape index (κ1) is 15.6. The molecule has 0 heterocycles. The Balaban J connectivity index is 2.36. The van der Waals surface area contributed by atoms with E-state index >= 15 is 0 Å². The van der Waals surface area contributed by atoms with Gasteiger partial charge in [0.15, 0.2) is 0 Å². The average Bonchev–Trinajstić information content (AvgIpc) is 2.43. The van der Waals surface area contributed by atoms with Crippen LogP contribution in [0.5, 0.6) is 5.75 Å². The largest absolute Gasteiger partial charge is 0.507 e. The number of carbonyl (C=O) groups is 1. The standard InChI is InChI=1S/C14H10FIN2O2S/c15-7-1-3-11(9(5-7)13(17)21)18-14(20)10-6-8(16)2-4-12(10)19/h1-6,19H,(H2,17,21)(H,18,20). The van der Waals surface area contributed by atoms with Gasteiger partial charge >= 0.3 is 0 Å². The number of aromatic hydroxyl groups is 1. The summed E-state index contributed by atoms with van der Waals surface area (Å²) in [5.41, 5.74) is 6.14. The summed E-state index contributed by atoms with van der Waals surface area (Å²) in [6.45, 7) is 0. The van der Waals surface area contributed by atoms with Crippen molar-refractivity contribution < 1.29 is 14.3 Å². The summed E-state index contributed by atoms with van der Waals surface area (Å²) in [4.78, 5) is 12.2. The van der Waals surface area contributed by atoms with Crippen molar-refractivity contribution in [3.8, 4) is 5.75 Å². The summed E-state index contributed by atoms with van der Waals surface area (Å²) in [5.74, 6) is -1.19. The Kier molecular flexibility index (Phi) is 4.73. The predicted molar refractivity (Wildman–Crippen MR) is 91.1 cm³/mol. The van der Waals surface area contributed by atoms with E-state index in [2.05, 4.69) is 5.32 Å². The first-order valence-electron chi connectivity index (χ1n) is 5.77. The number of benzene rings is 2. The van der Waals surface area contributed by atoms with Crippen LogP contribution in [0.25, 0.3) is 0 Å². The lowest BCUT2D eigenvalue weighted by molar-refractivity contribution is 0.102. The molecule has 0 aliphatic heterocycles. The van der Waals surface area contributed by atoms with E-state index in [1.54, 1.807) is 6.07 Å². The third-order valence-corrected chi connectivity index (χ3v) is 3.59. The van der Waals surface area contributed by atoms with Gasteiger partial charge in [0.2, 0.25) is 0 Å². The maximum absolute atomic E-state index is 13.2. The van der Waals surface area contributed by atoms with E-state index in [1.165, 1.54) is 24.3 Å². The highest BCUT2D eigenvalue weighted by molar-refractivity contribution is 14.1. The fourth-order valence-electron chi connectivity index (χ4n) is 1.71. The number of nitrogens with two attached hydrogens (primary N) is 1. The number of halogens is 2. The first-order chi connectivity index (χ1) is 9.88. The molecule has 0 saturated heterocycles. The van der Waals surface area contributed by atoms with Gasteiger partial charge in [-0.2, -0.15) is 0 Å². The second-order valence-corrected chi connectivity index (χ2v) is 5.86. The van der Waals surface area contributed by atoms with Gasteiger partial charge in [-0.15, -0.1) is 0 Å². The smallest absolute Gasteiger partial charge is 0.259 e.